The van der Waals surface area contributed by atoms with Crippen LogP contribution >= 0.6 is 8.58 Å². The minimum Gasteiger partial charge on any atom is -0.398 e. The number of rotatable bonds is 5. The number of nitrogens with two attached hydrogens (primary N) is 1. The Hall–Kier alpha value is -1.37. The first-order valence-electron chi connectivity index (χ1n) is 12.3. The molecule has 2 aliphatic heterocycles. The molecule has 2 saturated heterocycles. The van der Waals surface area contributed by atoms with E-state index >= 15 is 0 Å². The third-order valence-electron chi connectivity index (χ3n) is 6.14. The number of likely N-dealkylation sites (tertiary alicyclic amines) is 2. The van der Waals surface area contributed by atoms with Crippen molar-refractivity contribution in [2.45, 2.75) is 65.1 Å². The average molecular weight is 505 g/mol. The van der Waals surface area contributed by atoms with Gasteiger partial charge in [-0.3, -0.25) is 4.79 Å². The Morgan fingerprint density at radius 2 is 1.74 bits per heavy atom. The second kappa shape index (κ2) is 15.6. The maximum absolute atomic E-state index is 12.3. The Kier molecular flexibility index (Phi) is 14.1. The van der Waals surface area contributed by atoms with Crippen LogP contribution in [-0.2, 0) is 11.0 Å². The van der Waals surface area contributed by atoms with Crippen LogP contribution in [0.2, 0.25) is 0 Å². The summed E-state index contributed by atoms with van der Waals surface area (Å²) in [5.41, 5.74) is 5.42. The molecule has 2 fully saturated rings. The molecule has 2 heterocycles. The van der Waals surface area contributed by atoms with Gasteiger partial charge in [0.2, 0.25) is 5.91 Å². The van der Waals surface area contributed by atoms with Gasteiger partial charge in [-0.25, -0.2) is 0 Å². The number of likely N-dealkylation sites (N-methyl/N-ethyl adjacent to an activating group) is 1. The normalized spacial score (nSPS) is 17.4. The number of carbonyl (C=O) groups is 1. The summed E-state index contributed by atoms with van der Waals surface area (Å²) in [6.07, 6.45) is 3.46. The lowest BCUT2D eigenvalue weighted by molar-refractivity contribution is -0.137. The molecule has 0 aliphatic carbocycles. The number of anilines is 1. The van der Waals surface area contributed by atoms with Crippen LogP contribution in [0.1, 0.15) is 55.7 Å². The molecular weight excluding hydrogens is 460 g/mol. The number of hydrogen-bond acceptors (Lipinski definition) is 4. The van der Waals surface area contributed by atoms with Crippen molar-refractivity contribution in [2.75, 3.05) is 58.3 Å². The van der Waals surface area contributed by atoms with Gasteiger partial charge in [0, 0.05) is 24.8 Å². The number of benzene rings is 1. The molecule has 3 N–H and O–H groups in total. The molecule has 1 amide bonds. The van der Waals surface area contributed by atoms with Gasteiger partial charge >= 0.3 is 6.18 Å². The number of amides is 1. The lowest BCUT2D eigenvalue weighted by atomic mass is 10.0. The first-order chi connectivity index (χ1) is 16.0. The summed E-state index contributed by atoms with van der Waals surface area (Å²) in [7, 11) is 2.99. The number of nitrogens with zero attached hydrogens (tertiary/aromatic N) is 2. The largest absolute Gasteiger partial charge is 0.418 e. The van der Waals surface area contributed by atoms with Crippen molar-refractivity contribution in [1.29, 1.82) is 0 Å². The Balaban J connectivity index is 0.000000289. The molecule has 2 aliphatic rings. The maximum Gasteiger partial charge on any atom is 0.418 e. The molecule has 0 aromatic heterocycles. The minimum atomic E-state index is -4.36. The quantitative estimate of drug-likeness (QED) is 0.442. The van der Waals surface area contributed by atoms with Crippen molar-refractivity contribution < 1.29 is 18.0 Å². The third-order valence-corrected chi connectivity index (χ3v) is 7.14. The number of aryl methyl sites for hydroxylation is 2. The highest BCUT2D eigenvalue weighted by Crippen LogP contribution is 2.35. The molecule has 3 rings (SSSR count). The molecular formula is C25H44F3N4OP. The van der Waals surface area contributed by atoms with Crippen LogP contribution in [0, 0.1) is 13.8 Å². The molecule has 5 nitrogen and oxygen atoms in total. The highest BCUT2D eigenvalue weighted by molar-refractivity contribution is 7.36. The van der Waals surface area contributed by atoms with Crippen molar-refractivity contribution in [1.82, 2.24) is 15.1 Å². The van der Waals surface area contributed by atoms with Gasteiger partial charge in [0.25, 0.3) is 0 Å². The smallest absolute Gasteiger partial charge is 0.398 e. The zero-order valence-corrected chi connectivity index (χ0v) is 22.5. The minimum absolute atomic E-state index is 0.182. The van der Waals surface area contributed by atoms with Crippen LogP contribution in [0.25, 0.3) is 0 Å². The average Bonchev–Trinajstić information content (AvgIpc) is 3.32. The van der Waals surface area contributed by atoms with E-state index in [-0.39, 0.29) is 11.6 Å². The Bertz CT molecular complexity index is 730. The zero-order valence-electron chi connectivity index (χ0n) is 21.5. The van der Waals surface area contributed by atoms with Gasteiger partial charge in [-0.15, -0.1) is 8.58 Å². The number of alkyl halides is 3. The standard InChI is InChI=1S/C12H23N3O.C9H10F3N.C4H11P/c1-13-10-12(16)15-8-4-11(5-9-15)14-6-2-3-7-14;1-5-3-6(2)8(13)7(4-5)9(10,11)12;1-3-4-5-2/h11,13H,2-10H2,1H3;3-4H,13H2,1-2H3;5H,3-4H2,1-2H3. The summed E-state index contributed by atoms with van der Waals surface area (Å²) < 4.78 is 37.0. The Morgan fingerprint density at radius 3 is 2.18 bits per heavy atom. The molecule has 0 radical (unpaired) electrons. The molecule has 1 atom stereocenters. The molecule has 1 aromatic carbocycles. The number of hydrogen-bond donors (Lipinski definition) is 2. The predicted octanol–water partition coefficient (Wildman–Crippen LogP) is 4.90. The summed E-state index contributed by atoms with van der Waals surface area (Å²) in [5.74, 6) is 0.252. The molecule has 34 heavy (non-hydrogen) atoms. The summed E-state index contributed by atoms with van der Waals surface area (Å²) in [6.45, 7) is 12.6. The lowest BCUT2D eigenvalue weighted by Crippen LogP contribution is -2.47. The third kappa shape index (κ3) is 10.5. The molecule has 196 valence electrons. The molecule has 0 saturated carbocycles. The summed E-state index contributed by atoms with van der Waals surface area (Å²) >= 11 is 0. The van der Waals surface area contributed by atoms with E-state index in [2.05, 4.69) is 23.8 Å². The zero-order chi connectivity index (χ0) is 25.7. The van der Waals surface area contributed by atoms with E-state index in [1.165, 1.54) is 38.5 Å². The number of nitrogen functional groups attached to an aromatic ring is 1. The highest BCUT2D eigenvalue weighted by Gasteiger charge is 2.33. The van der Waals surface area contributed by atoms with Gasteiger partial charge in [-0.1, -0.05) is 25.0 Å². The first-order valence-corrected chi connectivity index (χ1v) is 14.0. The van der Waals surface area contributed by atoms with Crippen molar-refractivity contribution in [3.05, 3.63) is 28.8 Å². The first kappa shape index (κ1) is 30.7. The fourth-order valence-corrected chi connectivity index (χ4v) is 4.81. The van der Waals surface area contributed by atoms with Crippen molar-refractivity contribution in [3.8, 4) is 0 Å². The molecule has 9 heteroatoms. The van der Waals surface area contributed by atoms with Gasteiger partial charge in [0.15, 0.2) is 0 Å². The number of piperidine rings is 1. The van der Waals surface area contributed by atoms with Crippen LogP contribution in [0.15, 0.2) is 12.1 Å². The number of halogens is 3. The van der Waals surface area contributed by atoms with E-state index in [4.69, 9.17) is 5.73 Å². The second-order valence-corrected chi connectivity index (χ2v) is 10.2. The van der Waals surface area contributed by atoms with E-state index in [1.807, 2.05) is 11.9 Å². The van der Waals surface area contributed by atoms with Crippen LogP contribution in [-0.4, -0.2) is 74.3 Å². The molecule has 0 spiro atoms. The number of carbonyl (C=O) groups excluding carboxylic acids is 1. The Labute approximate surface area is 205 Å². The van der Waals surface area contributed by atoms with Crippen molar-refractivity contribution >= 4 is 20.2 Å². The van der Waals surface area contributed by atoms with Gasteiger partial charge in [-0.2, -0.15) is 13.2 Å². The van der Waals surface area contributed by atoms with E-state index in [0.29, 0.717) is 17.7 Å². The molecule has 1 aromatic rings. The maximum atomic E-state index is 12.3. The van der Waals surface area contributed by atoms with E-state index in [9.17, 15) is 18.0 Å². The topological polar surface area (TPSA) is 61.6 Å². The van der Waals surface area contributed by atoms with Crippen molar-refractivity contribution in [3.63, 3.8) is 0 Å². The second-order valence-electron chi connectivity index (χ2n) is 9.03. The molecule has 0 bridgehead atoms. The molecule has 1 unspecified atom stereocenters. The van der Waals surface area contributed by atoms with Crippen LogP contribution in [0.4, 0.5) is 18.9 Å². The SMILES string of the molecule is CCCPC.CNCC(=O)N1CCC(N2CCCC2)CC1.Cc1cc(C)c(N)c(C(F)(F)F)c1. The van der Waals surface area contributed by atoms with Crippen LogP contribution < -0.4 is 11.1 Å². The van der Waals surface area contributed by atoms with Crippen molar-refractivity contribution in [2.24, 2.45) is 0 Å². The van der Waals surface area contributed by atoms with Gasteiger partial charge in [0.05, 0.1) is 12.1 Å². The highest BCUT2D eigenvalue weighted by atomic mass is 31.1. The van der Waals surface area contributed by atoms with Gasteiger partial charge in [0.1, 0.15) is 0 Å². The van der Waals surface area contributed by atoms with E-state index < -0.39 is 11.7 Å². The number of nitrogens with one attached hydrogen (secondary N) is 1. The Morgan fingerprint density at radius 1 is 1.15 bits per heavy atom. The van der Waals surface area contributed by atoms with Gasteiger partial charge in [-0.05, 0) is 84.1 Å². The van der Waals surface area contributed by atoms with Crippen LogP contribution in [0.3, 0.4) is 0 Å². The summed E-state index contributed by atoms with van der Waals surface area (Å²) in [6, 6.07) is 3.42. The fourth-order valence-electron chi connectivity index (χ4n) is 4.31. The lowest BCUT2D eigenvalue weighted by Gasteiger charge is -2.36. The van der Waals surface area contributed by atoms with Crippen LogP contribution in [0.5, 0.6) is 0 Å². The van der Waals surface area contributed by atoms with Gasteiger partial charge < -0.3 is 20.9 Å². The van der Waals surface area contributed by atoms with E-state index in [1.54, 1.807) is 19.9 Å². The fraction of sp³-hybridized carbons (Fsp3) is 0.720. The predicted molar refractivity (Wildman–Crippen MR) is 139 cm³/mol. The monoisotopic (exact) mass is 504 g/mol. The summed E-state index contributed by atoms with van der Waals surface area (Å²) in [4.78, 5) is 16.3. The summed E-state index contributed by atoms with van der Waals surface area (Å²) in [5, 5.41) is 2.93. The van der Waals surface area contributed by atoms with E-state index in [0.717, 1.165) is 46.6 Å².